The number of aryl methyl sites for hydroxylation is 1. The molecule has 0 bridgehead atoms. The van der Waals surface area contributed by atoms with E-state index >= 15 is 0 Å². The Morgan fingerprint density at radius 1 is 1.57 bits per heavy atom. The van der Waals surface area contributed by atoms with Gasteiger partial charge >= 0.3 is 0 Å². The summed E-state index contributed by atoms with van der Waals surface area (Å²) >= 11 is 1.22. The molecule has 9 heteroatoms. The molecule has 1 amide bonds. The minimum Gasteiger partial charge on any atom is -0.303 e. The van der Waals surface area contributed by atoms with Gasteiger partial charge in [0.05, 0.1) is 23.4 Å². The highest BCUT2D eigenvalue weighted by Crippen LogP contribution is 2.18. The van der Waals surface area contributed by atoms with Crippen molar-refractivity contribution in [1.29, 1.82) is 0 Å². The lowest BCUT2D eigenvalue weighted by Gasteiger charge is -2.04. The van der Waals surface area contributed by atoms with Crippen molar-refractivity contribution in [2.24, 2.45) is 0 Å². The molecule has 0 spiro atoms. The minimum atomic E-state index is -0.533. The molecule has 2 rings (SSSR count). The van der Waals surface area contributed by atoms with E-state index in [4.69, 9.17) is 0 Å². The fourth-order valence-corrected chi connectivity index (χ4v) is 2.48. The Hall–Kier alpha value is -2.55. The molecule has 21 heavy (non-hydrogen) atoms. The lowest BCUT2D eigenvalue weighted by atomic mass is 10.2. The molecule has 2 aromatic rings. The lowest BCUT2D eigenvalue weighted by molar-refractivity contribution is -0.385. The fraction of sp³-hybridized carbons (Fsp3) is 0.250. The van der Waals surface area contributed by atoms with Crippen LogP contribution in [-0.2, 0) is 11.3 Å². The molecule has 0 aliphatic rings. The Bertz CT molecular complexity index is 765. The zero-order valence-corrected chi connectivity index (χ0v) is 12.1. The average molecular weight is 308 g/mol. The van der Waals surface area contributed by atoms with Gasteiger partial charge < -0.3 is 9.88 Å². The maximum absolute atomic E-state index is 11.9. The van der Waals surface area contributed by atoms with Gasteiger partial charge in [-0.3, -0.25) is 19.7 Å². The van der Waals surface area contributed by atoms with Gasteiger partial charge in [-0.15, -0.1) is 11.3 Å². The van der Waals surface area contributed by atoms with Crippen molar-refractivity contribution in [2.75, 3.05) is 5.32 Å². The van der Waals surface area contributed by atoms with E-state index in [1.165, 1.54) is 42.0 Å². The molecule has 0 fully saturated rings. The Morgan fingerprint density at radius 3 is 2.90 bits per heavy atom. The standard InChI is InChI=1S/C12H12N4O4S/c1-7-3-11(18)15(5-10(7)16(19)20)4-9-6-21-12(14-9)13-8(2)17/h3,5-6H,4H2,1-2H3,(H,13,14,17). The van der Waals surface area contributed by atoms with E-state index in [1.807, 2.05) is 0 Å². The number of nitrogens with zero attached hydrogens (tertiary/aromatic N) is 3. The first-order chi connectivity index (χ1) is 9.86. The van der Waals surface area contributed by atoms with E-state index in [-0.39, 0.29) is 23.7 Å². The second-order valence-electron chi connectivity index (χ2n) is 4.39. The highest BCUT2D eigenvalue weighted by Gasteiger charge is 2.14. The molecule has 2 aromatic heterocycles. The molecule has 0 aromatic carbocycles. The first-order valence-corrected chi connectivity index (χ1v) is 6.82. The van der Waals surface area contributed by atoms with Crippen LogP contribution in [0, 0.1) is 17.0 Å². The molecule has 110 valence electrons. The van der Waals surface area contributed by atoms with Gasteiger partial charge in [-0.05, 0) is 6.92 Å². The second-order valence-corrected chi connectivity index (χ2v) is 5.25. The predicted molar refractivity (Wildman–Crippen MR) is 77.6 cm³/mol. The molecule has 1 N–H and O–H groups in total. The summed E-state index contributed by atoms with van der Waals surface area (Å²) in [6.45, 7) is 2.99. The molecule has 8 nitrogen and oxygen atoms in total. The Labute approximate surface area is 123 Å². The summed E-state index contributed by atoms with van der Waals surface area (Å²) in [6.07, 6.45) is 1.20. The van der Waals surface area contributed by atoms with Gasteiger partial charge in [-0.2, -0.15) is 0 Å². The zero-order chi connectivity index (χ0) is 15.6. The predicted octanol–water partition coefficient (Wildman–Crippen LogP) is 1.53. The molecule has 0 atom stereocenters. The number of nitrogens with one attached hydrogen (secondary N) is 1. The number of hydrogen-bond donors (Lipinski definition) is 1. The number of hydrogen-bond acceptors (Lipinski definition) is 6. The number of aromatic nitrogens is 2. The first kappa shape index (κ1) is 14.9. The Balaban J connectivity index is 2.29. The number of carbonyl (C=O) groups is 1. The first-order valence-electron chi connectivity index (χ1n) is 5.94. The van der Waals surface area contributed by atoms with Crippen LogP contribution in [0.1, 0.15) is 18.2 Å². The molecular weight excluding hydrogens is 296 g/mol. The van der Waals surface area contributed by atoms with Crippen LogP contribution in [0.5, 0.6) is 0 Å². The van der Waals surface area contributed by atoms with Crippen LogP contribution in [0.4, 0.5) is 10.8 Å². The van der Waals surface area contributed by atoms with Crippen molar-refractivity contribution in [1.82, 2.24) is 9.55 Å². The summed E-state index contributed by atoms with van der Waals surface area (Å²) in [5.74, 6) is -0.237. The molecule has 0 saturated heterocycles. The summed E-state index contributed by atoms with van der Waals surface area (Å²) in [4.78, 5) is 37.3. The number of nitro groups is 1. The van der Waals surface area contributed by atoms with Crippen molar-refractivity contribution in [3.05, 3.63) is 49.4 Å². The van der Waals surface area contributed by atoms with Gasteiger partial charge in [-0.1, -0.05) is 0 Å². The normalized spacial score (nSPS) is 10.4. The second kappa shape index (κ2) is 5.83. The van der Waals surface area contributed by atoms with Crippen LogP contribution >= 0.6 is 11.3 Å². The lowest BCUT2D eigenvalue weighted by Crippen LogP contribution is -2.20. The highest BCUT2D eigenvalue weighted by molar-refractivity contribution is 7.13. The zero-order valence-electron chi connectivity index (χ0n) is 11.3. The number of anilines is 1. The molecule has 0 unspecified atom stereocenters. The van der Waals surface area contributed by atoms with Crippen LogP contribution in [0.15, 0.2) is 22.4 Å². The van der Waals surface area contributed by atoms with Crippen molar-refractivity contribution < 1.29 is 9.72 Å². The van der Waals surface area contributed by atoms with Crippen molar-refractivity contribution in [2.45, 2.75) is 20.4 Å². The van der Waals surface area contributed by atoms with E-state index in [9.17, 15) is 19.7 Å². The van der Waals surface area contributed by atoms with E-state index in [0.29, 0.717) is 16.4 Å². The minimum absolute atomic E-state index is 0.107. The van der Waals surface area contributed by atoms with Crippen LogP contribution in [-0.4, -0.2) is 20.4 Å². The number of pyridine rings is 1. The maximum Gasteiger partial charge on any atom is 0.288 e. The van der Waals surface area contributed by atoms with Crippen LogP contribution in [0.2, 0.25) is 0 Å². The Kier molecular flexibility index (Phi) is 4.13. The van der Waals surface area contributed by atoms with E-state index < -0.39 is 4.92 Å². The monoisotopic (exact) mass is 308 g/mol. The topological polar surface area (TPSA) is 107 Å². The quantitative estimate of drug-likeness (QED) is 0.680. The number of amides is 1. The highest BCUT2D eigenvalue weighted by atomic mass is 32.1. The fourth-order valence-electron chi connectivity index (χ4n) is 1.73. The average Bonchev–Trinajstić information content (AvgIpc) is 2.78. The van der Waals surface area contributed by atoms with Gasteiger partial charge in [0.2, 0.25) is 5.91 Å². The SMILES string of the molecule is CC(=O)Nc1nc(Cn2cc([N+](=O)[O-])c(C)cc2=O)cs1. The molecule has 0 aliphatic carbocycles. The van der Waals surface area contributed by atoms with Crippen LogP contribution in [0.25, 0.3) is 0 Å². The largest absolute Gasteiger partial charge is 0.303 e. The van der Waals surface area contributed by atoms with Crippen LogP contribution in [0.3, 0.4) is 0 Å². The van der Waals surface area contributed by atoms with Gasteiger partial charge in [0.25, 0.3) is 11.2 Å². The molecule has 0 saturated carbocycles. The number of rotatable bonds is 4. The third-order valence-electron chi connectivity index (χ3n) is 2.67. The van der Waals surface area contributed by atoms with E-state index in [1.54, 1.807) is 5.38 Å². The van der Waals surface area contributed by atoms with Gasteiger partial charge in [0, 0.05) is 23.9 Å². The molecule has 0 radical (unpaired) electrons. The van der Waals surface area contributed by atoms with Crippen molar-refractivity contribution in [3.63, 3.8) is 0 Å². The third-order valence-corrected chi connectivity index (χ3v) is 3.48. The smallest absolute Gasteiger partial charge is 0.288 e. The third kappa shape index (κ3) is 3.51. The Morgan fingerprint density at radius 2 is 2.29 bits per heavy atom. The van der Waals surface area contributed by atoms with E-state index in [2.05, 4.69) is 10.3 Å². The number of carbonyl (C=O) groups excluding carboxylic acids is 1. The van der Waals surface area contributed by atoms with Gasteiger partial charge in [-0.25, -0.2) is 4.98 Å². The summed E-state index contributed by atoms with van der Waals surface area (Å²) in [5.41, 5.74) is 0.404. The summed E-state index contributed by atoms with van der Waals surface area (Å²) in [6, 6.07) is 1.22. The molecular formula is C12H12N4O4S. The van der Waals surface area contributed by atoms with Crippen molar-refractivity contribution in [3.8, 4) is 0 Å². The number of thiazole rings is 1. The molecule has 0 aliphatic heterocycles. The summed E-state index contributed by atoms with van der Waals surface area (Å²) < 4.78 is 1.22. The maximum atomic E-state index is 11.9. The van der Waals surface area contributed by atoms with Gasteiger partial charge in [0.15, 0.2) is 5.13 Å². The van der Waals surface area contributed by atoms with Crippen molar-refractivity contribution >= 4 is 28.1 Å². The van der Waals surface area contributed by atoms with Crippen LogP contribution < -0.4 is 10.9 Å². The summed E-state index contributed by atoms with van der Waals surface area (Å²) in [7, 11) is 0. The van der Waals surface area contributed by atoms with E-state index in [0.717, 1.165) is 0 Å². The molecule has 2 heterocycles. The van der Waals surface area contributed by atoms with Gasteiger partial charge in [0.1, 0.15) is 0 Å². The summed E-state index contributed by atoms with van der Waals surface area (Å²) in [5, 5.41) is 15.5.